The molecule has 0 fully saturated rings. The summed E-state index contributed by atoms with van der Waals surface area (Å²) in [5.74, 6) is -1.29. The Hall–Kier alpha value is -2.87. The Balaban J connectivity index is 2.71. The number of aromatic carboxylic acids is 1. The van der Waals surface area contributed by atoms with Crippen LogP contribution in [-0.2, 0) is 6.54 Å². The van der Waals surface area contributed by atoms with Gasteiger partial charge in [-0.15, -0.1) is 0 Å². The van der Waals surface area contributed by atoms with E-state index >= 15 is 0 Å². The first-order valence-electron chi connectivity index (χ1n) is 6.37. The van der Waals surface area contributed by atoms with Crippen molar-refractivity contribution < 1.29 is 9.90 Å². The molecule has 2 rings (SSSR count). The SMILES string of the molecule is Cc1ccc(-c2ccc(C(=O)O)c(=O)n2CC#N)cc1C. The van der Waals surface area contributed by atoms with Crippen molar-refractivity contribution in [3.05, 3.63) is 57.4 Å². The predicted molar refractivity (Wildman–Crippen MR) is 78.2 cm³/mol. The summed E-state index contributed by atoms with van der Waals surface area (Å²) in [7, 11) is 0. The van der Waals surface area contributed by atoms with Gasteiger partial charge in [-0.25, -0.2) is 4.79 Å². The van der Waals surface area contributed by atoms with E-state index < -0.39 is 11.5 Å². The summed E-state index contributed by atoms with van der Waals surface area (Å²) < 4.78 is 1.19. The average molecular weight is 282 g/mol. The van der Waals surface area contributed by atoms with Gasteiger partial charge in [0.15, 0.2) is 0 Å². The second-order valence-electron chi connectivity index (χ2n) is 4.79. The van der Waals surface area contributed by atoms with Crippen LogP contribution in [0.4, 0.5) is 0 Å². The van der Waals surface area contributed by atoms with Crippen molar-refractivity contribution in [2.75, 3.05) is 0 Å². The molecule has 1 heterocycles. The number of nitrogens with zero attached hydrogens (tertiary/aromatic N) is 2. The standard InChI is InChI=1S/C16H14N2O3/c1-10-3-4-12(9-11(10)2)14-6-5-13(16(20)21)15(19)18(14)8-7-17/h3-6,9H,8H2,1-2H3,(H,20,21). The van der Waals surface area contributed by atoms with Crippen molar-refractivity contribution in [3.8, 4) is 17.3 Å². The van der Waals surface area contributed by atoms with E-state index in [1.165, 1.54) is 10.6 Å². The minimum atomic E-state index is -1.29. The van der Waals surface area contributed by atoms with E-state index in [4.69, 9.17) is 10.4 Å². The third-order valence-corrected chi connectivity index (χ3v) is 3.44. The largest absolute Gasteiger partial charge is 0.477 e. The number of benzene rings is 1. The van der Waals surface area contributed by atoms with Crippen LogP contribution in [0.15, 0.2) is 35.1 Å². The first-order chi connectivity index (χ1) is 9.95. The predicted octanol–water partition coefficient (Wildman–Crippen LogP) is 2.35. The van der Waals surface area contributed by atoms with Crippen LogP contribution in [-0.4, -0.2) is 15.6 Å². The van der Waals surface area contributed by atoms with Crippen LogP contribution in [0, 0.1) is 25.2 Å². The van der Waals surface area contributed by atoms with Crippen LogP contribution in [0.25, 0.3) is 11.3 Å². The molecule has 106 valence electrons. The summed E-state index contributed by atoms with van der Waals surface area (Å²) in [5, 5.41) is 17.9. The van der Waals surface area contributed by atoms with Gasteiger partial charge in [-0.05, 0) is 48.7 Å². The van der Waals surface area contributed by atoms with Gasteiger partial charge in [-0.2, -0.15) is 5.26 Å². The van der Waals surface area contributed by atoms with Gasteiger partial charge in [-0.3, -0.25) is 9.36 Å². The highest BCUT2D eigenvalue weighted by Gasteiger charge is 2.15. The number of carboxylic acid groups (broad SMARTS) is 1. The highest BCUT2D eigenvalue weighted by molar-refractivity contribution is 5.87. The summed E-state index contributed by atoms with van der Waals surface area (Å²) in [6, 6.07) is 10.4. The Kier molecular flexibility index (Phi) is 3.90. The summed E-state index contributed by atoms with van der Waals surface area (Å²) >= 11 is 0. The molecule has 0 unspecified atom stereocenters. The minimum absolute atomic E-state index is 0.192. The molecular formula is C16H14N2O3. The van der Waals surface area contributed by atoms with E-state index in [-0.39, 0.29) is 12.1 Å². The summed E-state index contributed by atoms with van der Waals surface area (Å²) in [4.78, 5) is 23.2. The van der Waals surface area contributed by atoms with Crippen molar-refractivity contribution in [2.24, 2.45) is 0 Å². The van der Waals surface area contributed by atoms with Crippen LogP contribution in [0.1, 0.15) is 21.5 Å². The lowest BCUT2D eigenvalue weighted by atomic mass is 10.0. The van der Waals surface area contributed by atoms with Gasteiger partial charge in [0.2, 0.25) is 0 Å². The van der Waals surface area contributed by atoms with Crippen LogP contribution >= 0.6 is 0 Å². The van der Waals surface area contributed by atoms with E-state index in [1.54, 1.807) is 6.07 Å². The topological polar surface area (TPSA) is 83.1 Å². The normalized spacial score (nSPS) is 10.1. The van der Waals surface area contributed by atoms with Crippen LogP contribution in [0.2, 0.25) is 0 Å². The van der Waals surface area contributed by atoms with Crippen LogP contribution in [0.3, 0.4) is 0 Å². The van der Waals surface area contributed by atoms with E-state index in [9.17, 15) is 9.59 Å². The second kappa shape index (κ2) is 5.63. The lowest BCUT2D eigenvalue weighted by Gasteiger charge is -2.12. The number of hydrogen-bond donors (Lipinski definition) is 1. The van der Waals surface area contributed by atoms with Gasteiger partial charge >= 0.3 is 5.97 Å². The maximum atomic E-state index is 12.2. The van der Waals surface area contributed by atoms with Gasteiger partial charge in [0.25, 0.3) is 5.56 Å². The fourth-order valence-corrected chi connectivity index (χ4v) is 2.12. The lowest BCUT2D eigenvalue weighted by molar-refractivity contribution is 0.0694. The third-order valence-electron chi connectivity index (χ3n) is 3.44. The third kappa shape index (κ3) is 2.70. The highest BCUT2D eigenvalue weighted by Crippen LogP contribution is 2.21. The minimum Gasteiger partial charge on any atom is -0.477 e. The van der Waals surface area contributed by atoms with Gasteiger partial charge in [-0.1, -0.05) is 12.1 Å². The molecule has 5 nitrogen and oxygen atoms in total. The molecule has 21 heavy (non-hydrogen) atoms. The molecule has 0 aliphatic rings. The fraction of sp³-hybridized carbons (Fsp3) is 0.188. The van der Waals surface area contributed by atoms with Crippen LogP contribution < -0.4 is 5.56 Å². The molecular weight excluding hydrogens is 268 g/mol. The molecule has 1 aromatic carbocycles. The highest BCUT2D eigenvalue weighted by atomic mass is 16.4. The molecule has 0 amide bonds. The lowest BCUT2D eigenvalue weighted by Crippen LogP contribution is -2.27. The number of aryl methyl sites for hydroxylation is 2. The first-order valence-corrected chi connectivity index (χ1v) is 6.37. The number of rotatable bonds is 3. The number of carbonyl (C=O) groups is 1. The van der Waals surface area contributed by atoms with Crippen molar-refractivity contribution in [1.29, 1.82) is 5.26 Å². The van der Waals surface area contributed by atoms with E-state index in [2.05, 4.69) is 0 Å². The maximum absolute atomic E-state index is 12.2. The van der Waals surface area contributed by atoms with Crippen LogP contribution in [0.5, 0.6) is 0 Å². The molecule has 2 aromatic rings. The van der Waals surface area contributed by atoms with Crippen molar-refractivity contribution in [2.45, 2.75) is 20.4 Å². The molecule has 0 spiro atoms. The molecule has 0 aliphatic heterocycles. The smallest absolute Gasteiger partial charge is 0.341 e. The van der Waals surface area contributed by atoms with E-state index in [1.807, 2.05) is 38.1 Å². The fourth-order valence-electron chi connectivity index (χ4n) is 2.12. The zero-order valence-corrected chi connectivity index (χ0v) is 11.8. The monoisotopic (exact) mass is 282 g/mol. The van der Waals surface area contributed by atoms with Crippen molar-refractivity contribution >= 4 is 5.97 Å². The second-order valence-corrected chi connectivity index (χ2v) is 4.79. The van der Waals surface area contributed by atoms with Gasteiger partial charge in [0.05, 0.1) is 11.8 Å². The number of hydrogen-bond acceptors (Lipinski definition) is 3. The summed E-state index contributed by atoms with van der Waals surface area (Å²) in [6.45, 7) is 3.74. The summed E-state index contributed by atoms with van der Waals surface area (Å²) in [6.07, 6.45) is 0. The maximum Gasteiger partial charge on any atom is 0.341 e. The van der Waals surface area contributed by atoms with E-state index in [0.717, 1.165) is 16.7 Å². The zero-order chi connectivity index (χ0) is 15.6. The van der Waals surface area contributed by atoms with E-state index in [0.29, 0.717) is 5.69 Å². The van der Waals surface area contributed by atoms with Gasteiger partial charge < -0.3 is 5.11 Å². The molecule has 0 atom stereocenters. The van der Waals surface area contributed by atoms with Crippen molar-refractivity contribution in [1.82, 2.24) is 4.57 Å². The van der Waals surface area contributed by atoms with Gasteiger partial charge in [0.1, 0.15) is 12.1 Å². The molecule has 0 saturated heterocycles. The Bertz CT molecular complexity index is 813. The summed E-state index contributed by atoms with van der Waals surface area (Å²) in [5.41, 5.74) is 2.50. The average Bonchev–Trinajstić information content (AvgIpc) is 2.44. The Morgan fingerprint density at radius 1 is 1.24 bits per heavy atom. The quantitative estimate of drug-likeness (QED) is 0.936. The number of aromatic nitrogens is 1. The Labute approximate surface area is 121 Å². The molecule has 1 aromatic heterocycles. The molecule has 0 aliphatic carbocycles. The van der Waals surface area contributed by atoms with Gasteiger partial charge in [0, 0.05) is 0 Å². The molecule has 5 heteroatoms. The number of carboxylic acids is 1. The molecule has 1 N–H and O–H groups in total. The molecule has 0 bridgehead atoms. The Morgan fingerprint density at radius 3 is 2.52 bits per heavy atom. The molecule has 0 radical (unpaired) electrons. The van der Waals surface area contributed by atoms with Crippen molar-refractivity contribution in [3.63, 3.8) is 0 Å². The first kappa shape index (κ1) is 14.5. The number of nitriles is 1. The number of pyridine rings is 1. The Morgan fingerprint density at radius 2 is 1.95 bits per heavy atom. The zero-order valence-electron chi connectivity index (χ0n) is 11.8. The molecule has 0 saturated carbocycles.